The highest BCUT2D eigenvalue weighted by molar-refractivity contribution is 5.94. The topological polar surface area (TPSA) is 56.1 Å². The summed E-state index contributed by atoms with van der Waals surface area (Å²) in [6.45, 7) is 1.31. The summed E-state index contributed by atoms with van der Waals surface area (Å²) < 4.78 is 20.0. The van der Waals surface area contributed by atoms with Crippen LogP contribution in [0.1, 0.15) is 47.4 Å². The van der Waals surface area contributed by atoms with Gasteiger partial charge in [0.1, 0.15) is 5.82 Å². The predicted octanol–water partition coefficient (Wildman–Crippen LogP) is 3.05. The maximum atomic E-state index is 13.2. The molecule has 0 saturated carbocycles. The van der Waals surface area contributed by atoms with E-state index < -0.39 is 0 Å². The van der Waals surface area contributed by atoms with E-state index >= 15 is 0 Å². The average Bonchev–Trinajstić information content (AvgIpc) is 3.02. The number of amides is 1. The van der Waals surface area contributed by atoms with Crippen LogP contribution in [0, 0.1) is 5.82 Å². The first-order chi connectivity index (χ1) is 12.2. The number of fused-ring (bicyclic) bond motifs is 1. The molecule has 1 aliphatic carbocycles. The molecule has 1 heterocycles. The minimum Gasteiger partial charge on any atom is -0.385 e. The first-order valence-corrected chi connectivity index (χ1v) is 8.84. The average molecular weight is 345 g/mol. The molecule has 1 aromatic carbocycles. The Morgan fingerprint density at radius 2 is 2.00 bits per heavy atom. The highest BCUT2D eigenvalue weighted by Gasteiger charge is 2.25. The maximum Gasteiger partial charge on any atom is 0.272 e. The predicted molar refractivity (Wildman–Crippen MR) is 93.6 cm³/mol. The molecule has 0 spiro atoms. The summed E-state index contributed by atoms with van der Waals surface area (Å²) in [5.41, 5.74) is 3.40. The van der Waals surface area contributed by atoms with Gasteiger partial charge in [-0.05, 0) is 62.8 Å². The number of nitrogens with zero attached hydrogens (tertiary/aromatic N) is 2. The Hall–Kier alpha value is -2.21. The fraction of sp³-hybridized carbons (Fsp3) is 0.474. The SMILES string of the molecule is COCCCCNC(=O)c1nn(-c2ccc(F)cc2)c2c1CCCC2. The lowest BCUT2D eigenvalue weighted by Crippen LogP contribution is -2.26. The van der Waals surface area contributed by atoms with Gasteiger partial charge in [-0.3, -0.25) is 4.79 Å². The second-order valence-corrected chi connectivity index (χ2v) is 6.32. The maximum absolute atomic E-state index is 13.2. The zero-order valence-electron chi connectivity index (χ0n) is 14.6. The highest BCUT2D eigenvalue weighted by Crippen LogP contribution is 2.27. The van der Waals surface area contributed by atoms with Crippen LogP contribution in [0.5, 0.6) is 0 Å². The molecule has 0 unspecified atom stereocenters. The van der Waals surface area contributed by atoms with Crippen molar-refractivity contribution in [3.63, 3.8) is 0 Å². The summed E-state index contributed by atoms with van der Waals surface area (Å²) in [5.74, 6) is -0.407. The molecule has 1 N–H and O–H groups in total. The van der Waals surface area contributed by atoms with E-state index in [1.807, 2.05) is 0 Å². The molecular weight excluding hydrogens is 321 g/mol. The third-order valence-electron chi connectivity index (χ3n) is 4.53. The standard InChI is InChI=1S/C19H24FN3O2/c1-25-13-5-4-12-21-19(24)18-16-6-2-3-7-17(16)23(22-18)15-10-8-14(20)9-11-15/h8-11H,2-7,12-13H2,1H3,(H,21,24). The van der Waals surface area contributed by atoms with E-state index in [9.17, 15) is 9.18 Å². The summed E-state index contributed by atoms with van der Waals surface area (Å²) in [6.07, 6.45) is 5.69. The molecule has 2 aromatic rings. The molecule has 1 aromatic heterocycles. The molecule has 1 aliphatic rings. The number of benzene rings is 1. The van der Waals surface area contributed by atoms with Crippen LogP contribution in [0.3, 0.4) is 0 Å². The van der Waals surface area contributed by atoms with E-state index in [1.54, 1.807) is 23.9 Å². The fourth-order valence-corrected chi connectivity index (χ4v) is 3.23. The van der Waals surface area contributed by atoms with Crippen LogP contribution in [0.25, 0.3) is 5.69 Å². The number of hydrogen-bond acceptors (Lipinski definition) is 3. The van der Waals surface area contributed by atoms with Crippen molar-refractivity contribution < 1.29 is 13.9 Å². The number of carbonyl (C=O) groups is 1. The molecule has 0 bridgehead atoms. The van der Waals surface area contributed by atoms with Gasteiger partial charge in [-0.25, -0.2) is 9.07 Å². The lowest BCUT2D eigenvalue weighted by Gasteiger charge is -2.14. The van der Waals surface area contributed by atoms with E-state index in [4.69, 9.17) is 4.74 Å². The Bertz CT molecular complexity index is 725. The van der Waals surface area contributed by atoms with Crippen LogP contribution in [-0.2, 0) is 17.6 Å². The molecular formula is C19H24FN3O2. The Kier molecular flexibility index (Phi) is 5.81. The van der Waals surface area contributed by atoms with Crippen molar-refractivity contribution >= 4 is 5.91 Å². The van der Waals surface area contributed by atoms with E-state index in [0.717, 1.165) is 55.5 Å². The van der Waals surface area contributed by atoms with Gasteiger partial charge in [0.05, 0.1) is 5.69 Å². The minimum absolute atomic E-state index is 0.128. The molecule has 0 saturated heterocycles. The number of aromatic nitrogens is 2. The largest absolute Gasteiger partial charge is 0.385 e. The number of carbonyl (C=O) groups excluding carboxylic acids is 1. The molecule has 0 radical (unpaired) electrons. The second kappa shape index (κ2) is 8.25. The number of nitrogens with one attached hydrogen (secondary N) is 1. The molecule has 25 heavy (non-hydrogen) atoms. The zero-order chi connectivity index (χ0) is 17.6. The summed E-state index contributed by atoms with van der Waals surface area (Å²) in [6, 6.07) is 6.23. The van der Waals surface area contributed by atoms with E-state index in [-0.39, 0.29) is 11.7 Å². The van der Waals surface area contributed by atoms with Crippen LogP contribution in [-0.4, -0.2) is 35.9 Å². The zero-order valence-corrected chi connectivity index (χ0v) is 14.6. The molecule has 0 atom stereocenters. The number of rotatable bonds is 7. The second-order valence-electron chi connectivity index (χ2n) is 6.32. The summed E-state index contributed by atoms with van der Waals surface area (Å²) in [5, 5.41) is 7.52. The van der Waals surface area contributed by atoms with Gasteiger partial charge in [0.15, 0.2) is 5.69 Å². The summed E-state index contributed by atoms with van der Waals surface area (Å²) in [4.78, 5) is 12.6. The van der Waals surface area contributed by atoms with E-state index in [0.29, 0.717) is 18.8 Å². The number of hydrogen-bond donors (Lipinski definition) is 1. The van der Waals surface area contributed by atoms with Crippen LogP contribution in [0.15, 0.2) is 24.3 Å². The van der Waals surface area contributed by atoms with Crippen LogP contribution < -0.4 is 5.32 Å². The normalized spacial score (nSPS) is 13.5. The fourth-order valence-electron chi connectivity index (χ4n) is 3.23. The van der Waals surface area contributed by atoms with Crippen molar-refractivity contribution in [2.75, 3.05) is 20.3 Å². The van der Waals surface area contributed by atoms with Crippen molar-refractivity contribution in [1.82, 2.24) is 15.1 Å². The van der Waals surface area contributed by atoms with Gasteiger partial charge in [-0.15, -0.1) is 0 Å². The Morgan fingerprint density at radius 1 is 1.24 bits per heavy atom. The Morgan fingerprint density at radius 3 is 2.76 bits per heavy atom. The van der Waals surface area contributed by atoms with Crippen molar-refractivity contribution in [3.05, 3.63) is 47.0 Å². The molecule has 3 rings (SSSR count). The van der Waals surface area contributed by atoms with Gasteiger partial charge in [-0.1, -0.05) is 0 Å². The van der Waals surface area contributed by atoms with Crippen LogP contribution >= 0.6 is 0 Å². The number of halogens is 1. The van der Waals surface area contributed by atoms with Gasteiger partial charge < -0.3 is 10.1 Å². The monoisotopic (exact) mass is 345 g/mol. The van der Waals surface area contributed by atoms with Crippen LogP contribution in [0.2, 0.25) is 0 Å². The highest BCUT2D eigenvalue weighted by atomic mass is 19.1. The minimum atomic E-state index is -0.279. The number of ether oxygens (including phenoxy) is 1. The lowest BCUT2D eigenvalue weighted by atomic mass is 9.95. The third kappa shape index (κ3) is 4.07. The smallest absolute Gasteiger partial charge is 0.272 e. The van der Waals surface area contributed by atoms with Crippen molar-refractivity contribution in [3.8, 4) is 5.69 Å². The van der Waals surface area contributed by atoms with Crippen LogP contribution in [0.4, 0.5) is 4.39 Å². The van der Waals surface area contributed by atoms with Gasteiger partial charge in [-0.2, -0.15) is 5.10 Å². The molecule has 6 heteroatoms. The molecule has 1 amide bonds. The molecule has 0 aliphatic heterocycles. The molecule has 5 nitrogen and oxygen atoms in total. The van der Waals surface area contributed by atoms with Gasteiger partial charge in [0, 0.05) is 31.5 Å². The molecule has 134 valence electrons. The van der Waals surface area contributed by atoms with Crippen molar-refractivity contribution in [2.24, 2.45) is 0 Å². The Balaban J connectivity index is 1.80. The van der Waals surface area contributed by atoms with Gasteiger partial charge in [0.2, 0.25) is 0 Å². The van der Waals surface area contributed by atoms with Crippen molar-refractivity contribution in [2.45, 2.75) is 38.5 Å². The third-order valence-corrected chi connectivity index (χ3v) is 4.53. The van der Waals surface area contributed by atoms with Gasteiger partial charge >= 0.3 is 0 Å². The lowest BCUT2D eigenvalue weighted by molar-refractivity contribution is 0.0945. The number of methoxy groups -OCH3 is 1. The van der Waals surface area contributed by atoms with E-state index in [2.05, 4.69) is 10.4 Å². The molecule has 0 fully saturated rings. The quantitative estimate of drug-likeness (QED) is 0.785. The Labute approximate surface area is 147 Å². The summed E-state index contributed by atoms with van der Waals surface area (Å²) >= 11 is 0. The van der Waals surface area contributed by atoms with E-state index in [1.165, 1.54) is 12.1 Å². The van der Waals surface area contributed by atoms with Crippen molar-refractivity contribution in [1.29, 1.82) is 0 Å². The number of unbranched alkanes of at least 4 members (excludes halogenated alkanes) is 1. The summed E-state index contributed by atoms with van der Waals surface area (Å²) in [7, 11) is 1.67. The first kappa shape index (κ1) is 17.6. The van der Waals surface area contributed by atoms with Gasteiger partial charge in [0.25, 0.3) is 5.91 Å². The first-order valence-electron chi connectivity index (χ1n) is 8.84.